The maximum atomic E-state index is 11.5. The van der Waals surface area contributed by atoms with Crippen LogP contribution < -0.4 is 5.56 Å². The number of aromatic amines is 1. The largest absolute Gasteiger partial charge is 0.329 e. The van der Waals surface area contributed by atoms with Crippen molar-refractivity contribution in [3.8, 4) is 16.9 Å². The van der Waals surface area contributed by atoms with E-state index in [1.807, 2.05) is 48.7 Å². The lowest BCUT2D eigenvalue weighted by molar-refractivity contribution is 0.933. The van der Waals surface area contributed by atoms with Crippen LogP contribution in [-0.2, 0) is 0 Å². The Kier molecular flexibility index (Phi) is 3.39. The Hall–Kier alpha value is -2.33. The highest BCUT2D eigenvalue weighted by Crippen LogP contribution is 2.27. The van der Waals surface area contributed by atoms with Crippen LogP contribution in [0.5, 0.6) is 0 Å². The van der Waals surface area contributed by atoms with Gasteiger partial charge in [-0.25, -0.2) is 4.98 Å². The molecule has 3 aromatic rings. The number of rotatable bonds is 2. The lowest BCUT2D eigenvalue weighted by atomic mass is 10.1. The molecule has 0 amide bonds. The van der Waals surface area contributed by atoms with Gasteiger partial charge in [0.15, 0.2) is 0 Å². The fourth-order valence-electron chi connectivity index (χ4n) is 2.50. The Bertz CT molecular complexity index is 864. The van der Waals surface area contributed by atoms with E-state index in [2.05, 4.69) is 9.97 Å². The first kappa shape index (κ1) is 13.6. The van der Waals surface area contributed by atoms with Crippen LogP contribution in [0.4, 0.5) is 0 Å². The Morgan fingerprint density at radius 3 is 2.71 bits per heavy atom. The summed E-state index contributed by atoms with van der Waals surface area (Å²) < 4.78 is 1.96. The highest BCUT2D eigenvalue weighted by Gasteiger charge is 2.14. The highest BCUT2D eigenvalue weighted by molar-refractivity contribution is 6.30. The van der Waals surface area contributed by atoms with Crippen molar-refractivity contribution in [1.82, 2.24) is 14.5 Å². The van der Waals surface area contributed by atoms with Crippen LogP contribution >= 0.6 is 11.6 Å². The molecule has 0 fully saturated rings. The van der Waals surface area contributed by atoms with Gasteiger partial charge in [-0.2, -0.15) is 0 Å². The molecular formula is C16H14ClN3O. The molecule has 0 spiro atoms. The molecule has 2 heterocycles. The van der Waals surface area contributed by atoms with Crippen LogP contribution in [0.2, 0.25) is 5.02 Å². The van der Waals surface area contributed by atoms with Gasteiger partial charge >= 0.3 is 0 Å². The maximum Gasteiger partial charge on any atom is 0.250 e. The summed E-state index contributed by atoms with van der Waals surface area (Å²) in [5.74, 6) is 0.827. The number of pyridine rings is 1. The first-order valence-corrected chi connectivity index (χ1v) is 6.95. The predicted molar refractivity (Wildman–Crippen MR) is 84.1 cm³/mol. The molecule has 0 aliphatic heterocycles. The topological polar surface area (TPSA) is 50.7 Å². The highest BCUT2D eigenvalue weighted by atomic mass is 35.5. The normalized spacial score (nSPS) is 10.8. The number of H-pyrrole nitrogens is 1. The third-order valence-corrected chi connectivity index (χ3v) is 3.63. The summed E-state index contributed by atoms with van der Waals surface area (Å²) >= 11 is 6.05. The Morgan fingerprint density at radius 1 is 1.19 bits per heavy atom. The molecule has 0 radical (unpaired) electrons. The molecule has 3 rings (SSSR count). The molecule has 5 heteroatoms. The van der Waals surface area contributed by atoms with Crippen molar-refractivity contribution in [2.75, 3.05) is 0 Å². The van der Waals surface area contributed by atoms with Gasteiger partial charge in [-0.1, -0.05) is 23.7 Å². The maximum absolute atomic E-state index is 11.5. The molecule has 4 nitrogen and oxygen atoms in total. The van der Waals surface area contributed by atoms with Gasteiger partial charge in [-0.05, 0) is 32.0 Å². The number of benzene rings is 1. The average molecular weight is 300 g/mol. The minimum atomic E-state index is -0.135. The van der Waals surface area contributed by atoms with Crippen LogP contribution in [0.3, 0.4) is 0 Å². The molecule has 0 saturated carbocycles. The average Bonchev–Trinajstić information content (AvgIpc) is 2.74. The lowest BCUT2D eigenvalue weighted by Crippen LogP contribution is -2.07. The van der Waals surface area contributed by atoms with Crippen LogP contribution in [0.15, 0.2) is 47.4 Å². The molecule has 0 saturated heterocycles. The fraction of sp³-hybridized carbons (Fsp3) is 0.125. The molecule has 0 atom stereocenters. The first-order valence-electron chi connectivity index (χ1n) is 6.57. The Labute approximate surface area is 127 Å². The van der Waals surface area contributed by atoms with Gasteiger partial charge in [-0.15, -0.1) is 0 Å². The second kappa shape index (κ2) is 5.22. The number of aromatic nitrogens is 3. The summed E-state index contributed by atoms with van der Waals surface area (Å²) in [5, 5.41) is 0.676. The van der Waals surface area contributed by atoms with Gasteiger partial charge in [0, 0.05) is 28.5 Å². The Morgan fingerprint density at radius 2 is 2.00 bits per heavy atom. The predicted octanol–water partition coefficient (Wildman–Crippen LogP) is 3.50. The molecule has 1 N–H and O–H groups in total. The van der Waals surface area contributed by atoms with E-state index in [4.69, 9.17) is 11.6 Å². The Balaban J connectivity index is 2.19. The summed E-state index contributed by atoms with van der Waals surface area (Å²) in [6.45, 7) is 3.90. The van der Waals surface area contributed by atoms with Crippen molar-refractivity contribution < 1.29 is 0 Å². The van der Waals surface area contributed by atoms with Crippen molar-refractivity contribution in [3.05, 3.63) is 69.5 Å². The number of halogens is 1. The second-order valence-electron chi connectivity index (χ2n) is 4.85. The summed E-state index contributed by atoms with van der Waals surface area (Å²) in [4.78, 5) is 18.7. The van der Waals surface area contributed by atoms with Crippen molar-refractivity contribution in [3.63, 3.8) is 0 Å². The number of hydrogen-bond donors (Lipinski definition) is 1. The SMILES string of the molecule is Cc1nc(-c2cccc(Cl)c2)c(C)n1-c1cc[nH]c(=O)c1. The van der Waals surface area contributed by atoms with Crippen LogP contribution in [-0.4, -0.2) is 14.5 Å². The molecule has 0 bridgehead atoms. The molecular weight excluding hydrogens is 286 g/mol. The van der Waals surface area contributed by atoms with Gasteiger partial charge in [0.1, 0.15) is 5.82 Å². The van der Waals surface area contributed by atoms with E-state index in [0.717, 1.165) is 28.5 Å². The minimum absolute atomic E-state index is 0.135. The quantitative estimate of drug-likeness (QED) is 0.787. The third-order valence-electron chi connectivity index (χ3n) is 3.39. The van der Waals surface area contributed by atoms with Gasteiger partial charge in [0.25, 0.3) is 0 Å². The van der Waals surface area contributed by atoms with E-state index in [1.165, 1.54) is 0 Å². The zero-order chi connectivity index (χ0) is 15.0. The monoisotopic (exact) mass is 299 g/mol. The number of imidazole rings is 1. The minimum Gasteiger partial charge on any atom is -0.329 e. The van der Waals surface area contributed by atoms with Crippen molar-refractivity contribution in [2.24, 2.45) is 0 Å². The summed E-state index contributed by atoms with van der Waals surface area (Å²) in [6.07, 6.45) is 1.63. The number of nitrogens with one attached hydrogen (secondary N) is 1. The second-order valence-corrected chi connectivity index (χ2v) is 5.29. The molecule has 21 heavy (non-hydrogen) atoms. The van der Waals surface area contributed by atoms with Gasteiger partial charge in [-0.3, -0.25) is 4.79 Å². The van der Waals surface area contributed by atoms with E-state index in [9.17, 15) is 4.79 Å². The van der Waals surface area contributed by atoms with Crippen molar-refractivity contribution in [2.45, 2.75) is 13.8 Å². The smallest absolute Gasteiger partial charge is 0.250 e. The zero-order valence-corrected chi connectivity index (χ0v) is 12.5. The third kappa shape index (κ3) is 2.50. The van der Waals surface area contributed by atoms with E-state index in [-0.39, 0.29) is 5.56 Å². The van der Waals surface area contributed by atoms with Gasteiger partial charge in [0.2, 0.25) is 5.56 Å². The number of hydrogen-bond acceptors (Lipinski definition) is 2. The van der Waals surface area contributed by atoms with Crippen LogP contribution in [0.1, 0.15) is 11.5 Å². The number of aryl methyl sites for hydroxylation is 1. The first-order chi connectivity index (χ1) is 10.1. The van der Waals surface area contributed by atoms with E-state index in [1.54, 1.807) is 12.3 Å². The van der Waals surface area contributed by atoms with E-state index in [0.29, 0.717) is 5.02 Å². The molecule has 0 aliphatic carbocycles. The van der Waals surface area contributed by atoms with Crippen LogP contribution in [0, 0.1) is 13.8 Å². The summed E-state index contributed by atoms with van der Waals surface area (Å²) in [5.41, 5.74) is 3.47. The standard InChI is InChI=1S/C16H14ClN3O/c1-10-16(12-4-3-5-13(17)8-12)19-11(2)20(10)14-6-7-18-15(21)9-14/h3-9H,1-2H3,(H,18,21). The molecule has 106 valence electrons. The van der Waals surface area contributed by atoms with Gasteiger partial charge in [0.05, 0.1) is 11.4 Å². The van der Waals surface area contributed by atoms with E-state index >= 15 is 0 Å². The van der Waals surface area contributed by atoms with Crippen molar-refractivity contribution in [1.29, 1.82) is 0 Å². The molecule has 0 aliphatic rings. The van der Waals surface area contributed by atoms with E-state index < -0.39 is 0 Å². The number of nitrogens with zero attached hydrogens (tertiary/aromatic N) is 2. The van der Waals surface area contributed by atoms with Gasteiger partial charge < -0.3 is 9.55 Å². The lowest BCUT2D eigenvalue weighted by Gasteiger charge is -2.07. The zero-order valence-electron chi connectivity index (χ0n) is 11.7. The van der Waals surface area contributed by atoms with Crippen molar-refractivity contribution >= 4 is 11.6 Å². The van der Waals surface area contributed by atoms with Crippen LogP contribution in [0.25, 0.3) is 16.9 Å². The summed E-state index contributed by atoms with van der Waals surface area (Å²) in [7, 11) is 0. The molecule has 0 unspecified atom stereocenters. The molecule has 1 aromatic carbocycles. The fourth-order valence-corrected chi connectivity index (χ4v) is 2.69. The summed E-state index contributed by atoms with van der Waals surface area (Å²) in [6, 6.07) is 11.0. The molecule has 2 aromatic heterocycles.